The van der Waals surface area contributed by atoms with E-state index in [0.29, 0.717) is 18.7 Å². The number of hydrogen-bond acceptors (Lipinski definition) is 3. The monoisotopic (exact) mass is 311 g/mol. The van der Waals surface area contributed by atoms with Gasteiger partial charge in [0.15, 0.2) is 0 Å². The normalized spacial score (nSPS) is 13.8. The summed E-state index contributed by atoms with van der Waals surface area (Å²) in [5, 5.41) is 8.81. The van der Waals surface area contributed by atoms with Crippen LogP contribution in [0.5, 0.6) is 0 Å². The Morgan fingerprint density at radius 1 is 1.29 bits per heavy atom. The summed E-state index contributed by atoms with van der Waals surface area (Å²) in [7, 11) is 0. The van der Waals surface area contributed by atoms with Crippen LogP contribution >= 0.6 is 12.4 Å². The number of nitrogens with one attached hydrogen (secondary N) is 3. The fraction of sp³-hybridized carbons (Fsp3) is 0.467. The highest BCUT2D eigenvalue weighted by Gasteiger charge is 2.24. The van der Waals surface area contributed by atoms with Gasteiger partial charge in [0.2, 0.25) is 5.91 Å². The molecule has 0 bridgehead atoms. The molecule has 21 heavy (non-hydrogen) atoms. The largest absolute Gasteiger partial charge is 0.352 e. The smallest absolute Gasteiger partial charge is 0.251 e. The molecule has 3 N–H and O–H groups in total. The molecular formula is C15H22ClN3O2. The van der Waals surface area contributed by atoms with Crippen LogP contribution < -0.4 is 16.0 Å². The Labute approximate surface area is 131 Å². The van der Waals surface area contributed by atoms with Crippen molar-refractivity contribution in [1.29, 1.82) is 0 Å². The van der Waals surface area contributed by atoms with Crippen LogP contribution in [-0.4, -0.2) is 31.4 Å². The molecule has 1 heterocycles. The lowest BCUT2D eigenvalue weighted by Gasteiger charge is -2.25. The third-order valence-electron chi connectivity index (χ3n) is 3.34. The zero-order valence-corrected chi connectivity index (χ0v) is 13.0. The van der Waals surface area contributed by atoms with Crippen molar-refractivity contribution in [2.45, 2.75) is 19.9 Å². The van der Waals surface area contributed by atoms with Crippen LogP contribution in [0.2, 0.25) is 0 Å². The molecule has 6 heteroatoms. The molecule has 0 radical (unpaired) electrons. The minimum Gasteiger partial charge on any atom is -0.352 e. The third kappa shape index (κ3) is 5.02. The molecule has 1 aliphatic heterocycles. The van der Waals surface area contributed by atoms with Crippen molar-refractivity contribution >= 4 is 24.2 Å². The van der Waals surface area contributed by atoms with Crippen LogP contribution in [-0.2, 0) is 11.3 Å². The fourth-order valence-corrected chi connectivity index (χ4v) is 1.97. The Bertz CT molecular complexity index is 490. The predicted molar refractivity (Wildman–Crippen MR) is 84.5 cm³/mol. The Hall–Kier alpha value is -1.59. The van der Waals surface area contributed by atoms with E-state index in [0.717, 1.165) is 25.1 Å². The number of rotatable bonds is 6. The Morgan fingerprint density at radius 3 is 2.67 bits per heavy atom. The Balaban J connectivity index is 0.00000220. The van der Waals surface area contributed by atoms with Crippen LogP contribution in [0.1, 0.15) is 29.3 Å². The van der Waals surface area contributed by atoms with E-state index in [1.54, 1.807) is 6.07 Å². The lowest BCUT2D eigenvalue weighted by Crippen LogP contribution is -2.50. The van der Waals surface area contributed by atoms with Crippen molar-refractivity contribution in [2.24, 2.45) is 5.92 Å². The molecule has 0 spiro atoms. The molecule has 2 amide bonds. The number of benzene rings is 1. The maximum Gasteiger partial charge on any atom is 0.251 e. The van der Waals surface area contributed by atoms with Gasteiger partial charge in [0.05, 0.1) is 5.92 Å². The second kappa shape index (κ2) is 8.64. The van der Waals surface area contributed by atoms with Gasteiger partial charge in [-0.1, -0.05) is 19.1 Å². The molecule has 1 aliphatic rings. The van der Waals surface area contributed by atoms with E-state index in [2.05, 4.69) is 16.0 Å². The van der Waals surface area contributed by atoms with Crippen LogP contribution in [0.4, 0.5) is 0 Å². The third-order valence-corrected chi connectivity index (χ3v) is 3.34. The van der Waals surface area contributed by atoms with E-state index in [9.17, 15) is 9.59 Å². The van der Waals surface area contributed by atoms with Crippen molar-refractivity contribution < 1.29 is 9.59 Å². The van der Waals surface area contributed by atoms with Crippen LogP contribution in [0.3, 0.4) is 0 Å². The minimum atomic E-state index is -0.0665. The summed E-state index contributed by atoms with van der Waals surface area (Å²) in [6.45, 7) is 4.66. The second-order valence-electron chi connectivity index (χ2n) is 5.03. The SMILES string of the molecule is CCCNC(=O)c1cccc(CNC(=O)C2CNC2)c1.Cl. The topological polar surface area (TPSA) is 70.2 Å². The predicted octanol–water partition coefficient (Wildman–Crippen LogP) is 1.08. The summed E-state index contributed by atoms with van der Waals surface area (Å²) in [6.07, 6.45) is 0.914. The van der Waals surface area contributed by atoms with Crippen molar-refractivity contribution in [2.75, 3.05) is 19.6 Å². The molecule has 2 rings (SSSR count). The maximum absolute atomic E-state index is 11.9. The van der Waals surface area contributed by atoms with Gasteiger partial charge < -0.3 is 16.0 Å². The molecule has 1 aromatic carbocycles. The van der Waals surface area contributed by atoms with E-state index in [1.807, 2.05) is 25.1 Å². The maximum atomic E-state index is 11.9. The Morgan fingerprint density at radius 2 is 2.05 bits per heavy atom. The molecule has 0 atom stereocenters. The lowest BCUT2D eigenvalue weighted by molar-refractivity contribution is -0.126. The summed E-state index contributed by atoms with van der Waals surface area (Å²) in [6, 6.07) is 7.36. The average molecular weight is 312 g/mol. The molecule has 5 nitrogen and oxygen atoms in total. The van der Waals surface area contributed by atoms with E-state index in [1.165, 1.54) is 0 Å². The van der Waals surface area contributed by atoms with Gasteiger partial charge in [-0.25, -0.2) is 0 Å². The zero-order chi connectivity index (χ0) is 14.4. The van der Waals surface area contributed by atoms with E-state index >= 15 is 0 Å². The number of carbonyl (C=O) groups excluding carboxylic acids is 2. The number of carbonyl (C=O) groups is 2. The summed E-state index contributed by atoms with van der Waals surface area (Å²) in [5.41, 5.74) is 1.57. The fourth-order valence-electron chi connectivity index (χ4n) is 1.97. The van der Waals surface area contributed by atoms with Crippen molar-refractivity contribution in [3.8, 4) is 0 Å². The summed E-state index contributed by atoms with van der Waals surface area (Å²) < 4.78 is 0. The van der Waals surface area contributed by atoms with Crippen LogP contribution in [0, 0.1) is 5.92 Å². The molecule has 1 fully saturated rings. The van der Waals surface area contributed by atoms with Gasteiger partial charge in [-0.2, -0.15) is 0 Å². The van der Waals surface area contributed by atoms with Gasteiger partial charge in [-0.3, -0.25) is 9.59 Å². The molecular weight excluding hydrogens is 290 g/mol. The summed E-state index contributed by atoms with van der Waals surface area (Å²) in [5.74, 6) is 0.0962. The van der Waals surface area contributed by atoms with E-state index in [-0.39, 0.29) is 30.1 Å². The van der Waals surface area contributed by atoms with Gasteiger partial charge in [0.25, 0.3) is 5.91 Å². The van der Waals surface area contributed by atoms with Gasteiger partial charge in [-0.05, 0) is 24.1 Å². The number of hydrogen-bond donors (Lipinski definition) is 3. The first-order valence-corrected chi connectivity index (χ1v) is 7.06. The molecule has 116 valence electrons. The van der Waals surface area contributed by atoms with Crippen molar-refractivity contribution in [3.63, 3.8) is 0 Å². The first kappa shape index (κ1) is 17.5. The van der Waals surface area contributed by atoms with Crippen LogP contribution in [0.25, 0.3) is 0 Å². The highest BCUT2D eigenvalue weighted by Crippen LogP contribution is 2.07. The van der Waals surface area contributed by atoms with Crippen molar-refractivity contribution in [1.82, 2.24) is 16.0 Å². The van der Waals surface area contributed by atoms with Gasteiger partial charge in [-0.15, -0.1) is 12.4 Å². The quantitative estimate of drug-likeness (QED) is 0.736. The Kier molecular flexibility index (Phi) is 7.19. The summed E-state index contributed by atoms with van der Waals surface area (Å²) >= 11 is 0. The molecule has 0 aliphatic carbocycles. The average Bonchev–Trinajstić information content (AvgIpc) is 2.41. The van der Waals surface area contributed by atoms with E-state index in [4.69, 9.17) is 0 Å². The van der Waals surface area contributed by atoms with Gasteiger partial charge in [0.1, 0.15) is 0 Å². The lowest BCUT2D eigenvalue weighted by atomic mass is 10.0. The first-order valence-electron chi connectivity index (χ1n) is 7.06. The van der Waals surface area contributed by atoms with Gasteiger partial charge >= 0.3 is 0 Å². The standard InChI is InChI=1S/C15H21N3O2.ClH/c1-2-6-17-14(19)12-5-3-4-11(7-12)8-18-15(20)13-9-16-10-13;/h3-5,7,13,16H,2,6,8-10H2,1H3,(H,17,19)(H,18,20);1H. The van der Waals surface area contributed by atoms with Gasteiger partial charge in [0, 0.05) is 31.7 Å². The molecule has 1 aromatic rings. The minimum absolute atomic E-state index is 0. The molecule has 0 unspecified atom stereocenters. The van der Waals surface area contributed by atoms with E-state index < -0.39 is 0 Å². The zero-order valence-electron chi connectivity index (χ0n) is 12.1. The van der Waals surface area contributed by atoms with Crippen LogP contribution in [0.15, 0.2) is 24.3 Å². The molecule has 1 saturated heterocycles. The summed E-state index contributed by atoms with van der Waals surface area (Å²) in [4.78, 5) is 23.6. The first-order chi connectivity index (χ1) is 9.70. The number of halogens is 1. The molecule has 0 aromatic heterocycles. The highest BCUT2D eigenvalue weighted by molar-refractivity contribution is 5.94. The molecule has 0 saturated carbocycles. The number of amides is 2. The second-order valence-corrected chi connectivity index (χ2v) is 5.03. The highest BCUT2D eigenvalue weighted by atomic mass is 35.5. The van der Waals surface area contributed by atoms with Crippen molar-refractivity contribution in [3.05, 3.63) is 35.4 Å².